The van der Waals surface area contributed by atoms with Gasteiger partial charge >= 0.3 is 0 Å². The van der Waals surface area contributed by atoms with Gasteiger partial charge in [-0.1, -0.05) is 18.2 Å². The van der Waals surface area contributed by atoms with Gasteiger partial charge in [-0.25, -0.2) is 0 Å². The molecule has 0 aromatic heterocycles. The number of carbonyl (C=O) groups is 2. The minimum atomic E-state index is -0.318. The monoisotopic (exact) mass is 325 g/mol. The van der Waals surface area contributed by atoms with Crippen LogP contribution in [0.15, 0.2) is 48.5 Å². The van der Waals surface area contributed by atoms with Crippen molar-refractivity contribution in [3.8, 4) is 0 Å². The lowest BCUT2D eigenvalue weighted by molar-refractivity contribution is 0.0918. The van der Waals surface area contributed by atoms with Crippen molar-refractivity contribution < 1.29 is 9.59 Å². The maximum absolute atomic E-state index is 12.3. The van der Waals surface area contributed by atoms with Gasteiger partial charge in [0.2, 0.25) is 0 Å². The molecule has 2 rings (SSSR count). The molecule has 0 aliphatic heterocycles. The van der Waals surface area contributed by atoms with Crippen molar-refractivity contribution in [2.45, 2.75) is 32.9 Å². The SMILES string of the molecule is CC(C)(C)NC(=O)c1cccc(NC(=O)c2ccc(CN)cc2)c1. The highest BCUT2D eigenvalue weighted by molar-refractivity contribution is 6.05. The molecule has 5 heteroatoms. The van der Waals surface area contributed by atoms with Crippen molar-refractivity contribution in [3.05, 3.63) is 65.2 Å². The topological polar surface area (TPSA) is 84.2 Å². The number of hydrogen-bond donors (Lipinski definition) is 3. The molecule has 0 saturated carbocycles. The number of anilines is 1. The Morgan fingerprint density at radius 1 is 0.958 bits per heavy atom. The molecule has 0 saturated heterocycles. The summed E-state index contributed by atoms with van der Waals surface area (Å²) in [6, 6.07) is 14.0. The molecule has 0 unspecified atom stereocenters. The summed E-state index contributed by atoms with van der Waals surface area (Å²) in [5, 5.41) is 5.70. The van der Waals surface area contributed by atoms with Crippen molar-refractivity contribution in [2.24, 2.45) is 5.73 Å². The van der Waals surface area contributed by atoms with Crippen LogP contribution in [-0.2, 0) is 6.54 Å². The van der Waals surface area contributed by atoms with Crippen LogP contribution in [-0.4, -0.2) is 17.4 Å². The van der Waals surface area contributed by atoms with Gasteiger partial charge in [0, 0.05) is 28.9 Å². The minimum Gasteiger partial charge on any atom is -0.347 e. The van der Waals surface area contributed by atoms with E-state index in [2.05, 4.69) is 10.6 Å². The quantitative estimate of drug-likeness (QED) is 0.808. The second-order valence-corrected chi connectivity index (χ2v) is 6.64. The molecule has 0 fully saturated rings. The van der Waals surface area contributed by atoms with Crippen LogP contribution in [0.3, 0.4) is 0 Å². The summed E-state index contributed by atoms with van der Waals surface area (Å²) in [5.74, 6) is -0.405. The number of amides is 2. The number of rotatable bonds is 4. The van der Waals surface area contributed by atoms with Crippen molar-refractivity contribution in [2.75, 3.05) is 5.32 Å². The van der Waals surface area contributed by atoms with Gasteiger partial charge in [-0.3, -0.25) is 9.59 Å². The molecule has 24 heavy (non-hydrogen) atoms. The van der Waals surface area contributed by atoms with Gasteiger partial charge in [0.05, 0.1) is 0 Å². The lowest BCUT2D eigenvalue weighted by Crippen LogP contribution is -2.40. The molecule has 0 aliphatic carbocycles. The Bertz CT molecular complexity index is 731. The van der Waals surface area contributed by atoms with Crippen molar-refractivity contribution in [1.82, 2.24) is 5.32 Å². The zero-order valence-corrected chi connectivity index (χ0v) is 14.2. The molecule has 0 atom stereocenters. The van der Waals surface area contributed by atoms with Gasteiger partial charge in [-0.05, 0) is 56.7 Å². The Labute approximate surface area is 142 Å². The fourth-order valence-corrected chi connectivity index (χ4v) is 2.15. The van der Waals surface area contributed by atoms with Crippen LogP contribution in [0.25, 0.3) is 0 Å². The Kier molecular flexibility index (Phi) is 5.36. The molecule has 0 heterocycles. The molecule has 2 aromatic carbocycles. The highest BCUT2D eigenvalue weighted by atomic mass is 16.2. The van der Waals surface area contributed by atoms with E-state index in [1.807, 2.05) is 32.9 Å². The van der Waals surface area contributed by atoms with E-state index in [1.54, 1.807) is 36.4 Å². The third-order valence-corrected chi connectivity index (χ3v) is 3.32. The molecule has 5 nitrogen and oxygen atoms in total. The average Bonchev–Trinajstić information content (AvgIpc) is 2.53. The van der Waals surface area contributed by atoms with Gasteiger partial charge in [0.25, 0.3) is 11.8 Å². The largest absolute Gasteiger partial charge is 0.347 e. The average molecular weight is 325 g/mol. The second-order valence-electron chi connectivity index (χ2n) is 6.64. The lowest BCUT2D eigenvalue weighted by Gasteiger charge is -2.20. The van der Waals surface area contributed by atoms with E-state index in [0.717, 1.165) is 5.56 Å². The molecular weight excluding hydrogens is 302 g/mol. The zero-order valence-electron chi connectivity index (χ0n) is 14.2. The van der Waals surface area contributed by atoms with Crippen LogP contribution in [0.1, 0.15) is 47.1 Å². The molecule has 0 bridgehead atoms. The van der Waals surface area contributed by atoms with E-state index in [1.165, 1.54) is 0 Å². The minimum absolute atomic E-state index is 0.175. The van der Waals surface area contributed by atoms with E-state index in [9.17, 15) is 9.59 Å². The summed E-state index contributed by atoms with van der Waals surface area (Å²) in [5.41, 5.74) is 7.81. The molecule has 126 valence electrons. The van der Waals surface area contributed by atoms with Crippen LogP contribution < -0.4 is 16.4 Å². The molecule has 2 aromatic rings. The van der Waals surface area contributed by atoms with E-state index in [4.69, 9.17) is 5.73 Å². The van der Waals surface area contributed by atoms with Crippen LogP contribution in [0.4, 0.5) is 5.69 Å². The third kappa shape index (κ3) is 4.93. The summed E-state index contributed by atoms with van der Waals surface area (Å²) in [6.07, 6.45) is 0. The van der Waals surface area contributed by atoms with Crippen LogP contribution in [0.2, 0.25) is 0 Å². The van der Waals surface area contributed by atoms with Crippen LogP contribution in [0, 0.1) is 0 Å². The van der Waals surface area contributed by atoms with Crippen LogP contribution >= 0.6 is 0 Å². The lowest BCUT2D eigenvalue weighted by atomic mass is 10.1. The first-order valence-electron chi connectivity index (χ1n) is 7.81. The predicted octanol–water partition coefficient (Wildman–Crippen LogP) is 2.93. The molecule has 0 spiro atoms. The molecule has 0 aliphatic rings. The number of nitrogens with two attached hydrogens (primary N) is 1. The maximum Gasteiger partial charge on any atom is 0.255 e. The Balaban J connectivity index is 2.10. The number of nitrogens with one attached hydrogen (secondary N) is 2. The van der Waals surface area contributed by atoms with Crippen LogP contribution in [0.5, 0.6) is 0 Å². The normalized spacial score (nSPS) is 11.0. The smallest absolute Gasteiger partial charge is 0.255 e. The predicted molar refractivity (Wildman–Crippen MR) is 95.9 cm³/mol. The molecule has 2 amide bonds. The highest BCUT2D eigenvalue weighted by Gasteiger charge is 2.15. The van der Waals surface area contributed by atoms with Gasteiger partial charge in [0.1, 0.15) is 0 Å². The zero-order chi connectivity index (χ0) is 17.7. The van der Waals surface area contributed by atoms with Crippen molar-refractivity contribution in [3.63, 3.8) is 0 Å². The standard InChI is InChI=1S/C19H23N3O2/c1-19(2,3)22-18(24)15-5-4-6-16(11-15)21-17(23)14-9-7-13(12-20)8-10-14/h4-11H,12,20H2,1-3H3,(H,21,23)(H,22,24). The van der Waals surface area contributed by atoms with Gasteiger partial charge < -0.3 is 16.4 Å². The Morgan fingerprint density at radius 2 is 1.62 bits per heavy atom. The highest BCUT2D eigenvalue weighted by Crippen LogP contribution is 2.14. The first kappa shape index (κ1) is 17.7. The molecular formula is C19H23N3O2. The van der Waals surface area contributed by atoms with E-state index >= 15 is 0 Å². The number of carbonyl (C=O) groups excluding carboxylic acids is 2. The molecule has 0 radical (unpaired) electrons. The second kappa shape index (κ2) is 7.27. The summed E-state index contributed by atoms with van der Waals surface area (Å²) >= 11 is 0. The Hall–Kier alpha value is -2.66. The Morgan fingerprint density at radius 3 is 2.21 bits per heavy atom. The fourth-order valence-electron chi connectivity index (χ4n) is 2.15. The van der Waals surface area contributed by atoms with Gasteiger partial charge in [-0.15, -0.1) is 0 Å². The van der Waals surface area contributed by atoms with E-state index in [-0.39, 0.29) is 17.4 Å². The summed E-state index contributed by atoms with van der Waals surface area (Å²) in [7, 11) is 0. The number of benzene rings is 2. The first-order valence-corrected chi connectivity index (χ1v) is 7.81. The first-order chi connectivity index (χ1) is 11.3. The van der Waals surface area contributed by atoms with E-state index in [0.29, 0.717) is 23.4 Å². The van der Waals surface area contributed by atoms with E-state index < -0.39 is 0 Å². The third-order valence-electron chi connectivity index (χ3n) is 3.32. The summed E-state index contributed by atoms with van der Waals surface area (Å²) < 4.78 is 0. The fraction of sp³-hybridized carbons (Fsp3) is 0.263. The summed E-state index contributed by atoms with van der Waals surface area (Å²) in [4.78, 5) is 24.5. The van der Waals surface area contributed by atoms with Gasteiger partial charge in [0.15, 0.2) is 0 Å². The van der Waals surface area contributed by atoms with Crippen molar-refractivity contribution >= 4 is 17.5 Å². The summed E-state index contributed by atoms with van der Waals surface area (Å²) in [6.45, 7) is 6.19. The number of hydrogen-bond acceptors (Lipinski definition) is 3. The molecule has 4 N–H and O–H groups in total. The maximum atomic E-state index is 12.3. The van der Waals surface area contributed by atoms with Gasteiger partial charge in [-0.2, -0.15) is 0 Å². The van der Waals surface area contributed by atoms with Crippen molar-refractivity contribution in [1.29, 1.82) is 0 Å².